The lowest BCUT2D eigenvalue weighted by atomic mass is 9.49. The van der Waals surface area contributed by atoms with Gasteiger partial charge in [-0.2, -0.15) is 0 Å². The van der Waals surface area contributed by atoms with Crippen molar-refractivity contribution >= 4 is 5.78 Å². The summed E-state index contributed by atoms with van der Waals surface area (Å²) >= 11 is 0. The second-order valence-electron chi connectivity index (χ2n) is 11.9. The van der Waals surface area contributed by atoms with Crippen LogP contribution in [0.15, 0.2) is 11.1 Å². The van der Waals surface area contributed by atoms with Crippen LogP contribution in [0.25, 0.3) is 0 Å². The Labute approximate surface area is 191 Å². The Morgan fingerprint density at radius 2 is 1.77 bits per heavy atom. The van der Waals surface area contributed by atoms with Gasteiger partial charge in [0.15, 0.2) is 0 Å². The van der Waals surface area contributed by atoms with Crippen molar-refractivity contribution < 1.29 is 15.0 Å². The van der Waals surface area contributed by atoms with Crippen LogP contribution in [0.1, 0.15) is 119 Å². The highest BCUT2D eigenvalue weighted by Gasteiger charge is 2.57. The summed E-state index contributed by atoms with van der Waals surface area (Å²) in [5.41, 5.74) is 2.65. The molecule has 4 aliphatic rings. The van der Waals surface area contributed by atoms with Gasteiger partial charge >= 0.3 is 0 Å². The monoisotopic (exact) mass is 432 g/mol. The van der Waals surface area contributed by atoms with Crippen molar-refractivity contribution in [1.82, 2.24) is 0 Å². The minimum Gasteiger partial charge on any atom is -0.393 e. The predicted molar refractivity (Wildman–Crippen MR) is 128 cm³/mol. The molecular formula is C28H48O3. The standard InChI is InChI=1S/C26H42O3.C2H6/c1-24(2,29)13-7-9-22(27)21-11-10-18-17-16-23(28)20-8-5-6-14-25(20,3)19(17)12-15-26(18,21)4;1-2/h19-22,27,29H,5-16H2,1-4H3;1-2H3. The molecule has 0 bridgehead atoms. The Morgan fingerprint density at radius 3 is 2.45 bits per heavy atom. The summed E-state index contributed by atoms with van der Waals surface area (Å²) in [5.74, 6) is 1.70. The molecule has 6 atom stereocenters. The van der Waals surface area contributed by atoms with Crippen LogP contribution in [0.5, 0.6) is 0 Å². The van der Waals surface area contributed by atoms with Crippen LogP contribution in [0, 0.1) is 28.6 Å². The molecule has 0 radical (unpaired) electrons. The number of ketones is 1. The summed E-state index contributed by atoms with van der Waals surface area (Å²) in [6, 6.07) is 0. The number of rotatable bonds is 5. The zero-order valence-electron chi connectivity index (χ0n) is 21.1. The first-order valence-corrected chi connectivity index (χ1v) is 13.2. The van der Waals surface area contributed by atoms with Gasteiger partial charge in [0, 0.05) is 12.3 Å². The average Bonchev–Trinajstić information content (AvgIpc) is 3.06. The van der Waals surface area contributed by atoms with Crippen molar-refractivity contribution in [2.75, 3.05) is 0 Å². The lowest BCUT2D eigenvalue weighted by Gasteiger charge is -2.55. The molecule has 3 nitrogen and oxygen atoms in total. The van der Waals surface area contributed by atoms with E-state index in [0.29, 0.717) is 30.0 Å². The quantitative estimate of drug-likeness (QED) is 0.481. The minimum atomic E-state index is -0.654. The third-order valence-corrected chi connectivity index (χ3v) is 9.53. The number of hydrogen-bond acceptors (Lipinski definition) is 3. The summed E-state index contributed by atoms with van der Waals surface area (Å²) < 4.78 is 0. The van der Waals surface area contributed by atoms with Crippen LogP contribution >= 0.6 is 0 Å². The van der Waals surface area contributed by atoms with Gasteiger partial charge in [0.05, 0.1) is 11.7 Å². The van der Waals surface area contributed by atoms with E-state index in [4.69, 9.17) is 0 Å². The van der Waals surface area contributed by atoms with Gasteiger partial charge in [-0.3, -0.25) is 4.79 Å². The number of carbonyl (C=O) groups is 1. The zero-order chi connectivity index (χ0) is 23.0. The maximum Gasteiger partial charge on any atom is 0.140 e. The lowest BCUT2D eigenvalue weighted by Crippen LogP contribution is -2.50. The molecular weight excluding hydrogens is 384 g/mol. The summed E-state index contributed by atoms with van der Waals surface area (Å²) in [7, 11) is 0. The highest BCUT2D eigenvalue weighted by molar-refractivity contribution is 5.86. The van der Waals surface area contributed by atoms with Crippen molar-refractivity contribution in [3.05, 3.63) is 11.1 Å². The summed E-state index contributed by atoms with van der Waals surface area (Å²) in [4.78, 5) is 13.1. The molecule has 2 N–H and O–H groups in total. The maximum atomic E-state index is 13.1. The predicted octanol–water partition coefficient (Wildman–Crippen LogP) is 6.61. The first-order chi connectivity index (χ1) is 14.6. The second kappa shape index (κ2) is 9.29. The highest BCUT2D eigenvalue weighted by Crippen LogP contribution is 2.64. The number of allylic oxidation sites excluding steroid dienone is 2. The molecule has 0 heterocycles. The van der Waals surface area contributed by atoms with Crippen LogP contribution in [0.3, 0.4) is 0 Å². The Morgan fingerprint density at radius 1 is 1.06 bits per heavy atom. The third-order valence-electron chi connectivity index (χ3n) is 9.53. The molecule has 3 fully saturated rings. The topological polar surface area (TPSA) is 57.5 Å². The molecule has 178 valence electrons. The number of carbonyl (C=O) groups excluding carboxylic acids is 1. The first-order valence-electron chi connectivity index (χ1n) is 13.2. The molecule has 4 aliphatic carbocycles. The van der Waals surface area contributed by atoms with Crippen LogP contribution in [0.4, 0.5) is 0 Å². The molecule has 0 amide bonds. The molecule has 0 aromatic heterocycles. The van der Waals surface area contributed by atoms with Gasteiger partial charge < -0.3 is 10.2 Å². The van der Waals surface area contributed by atoms with E-state index in [2.05, 4.69) is 13.8 Å². The molecule has 4 rings (SSSR count). The number of Topliss-reactive ketones (excluding diaryl/α,β-unsaturated/α-hetero) is 1. The molecule has 0 aliphatic heterocycles. The van der Waals surface area contributed by atoms with Gasteiger partial charge in [-0.05, 0) is 94.3 Å². The molecule has 0 aromatic carbocycles. The van der Waals surface area contributed by atoms with Crippen LogP contribution in [0.2, 0.25) is 0 Å². The average molecular weight is 433 g/mol. The normalized spacial score (nSPS) is 38.6. The summed E-state index contributed by atoms with van der Waals surface area (Å²) in [5, 5.41) is 21.1. The lowest BCUT2D eigenvalue weighted by molar-refractivity contribution is -0.133. The van der Waals surface area contributed by atoms with E-state index < -0.39 is 5.60 Å². The van der Waals surface area contributed by atoms with Crippen molar-refractivity contribution in [2.45, 2.75) is 130 Å². The molecule has 0 spiro atoms. The molecule has 3 saturated carbocycles. The largest absolute Gasteiger partial charge is 0.393 e. The first kappa shape index (κ1) is 25.0. The Bertz CT molecular complexity index is 687. The summed E-state index contributed by atoms with van der Waals surface area (Å²) in [6.07, 6.45) is 12.1. The van der Waals surface area contributed by atoms with Gasteiger partial charge in [-0.15, -0.1) is 0 Å². The number of aliphatic hydroxyl groups excluding tert-OH is 1. The van der Waals surface area contributed by atoms with E-state index in [1.54, 1.807) is 5.57 Å². The van der Waals surface area contributed by atoms with Crippen LogP contribution in [-0.4, -0.2) is 27.7 Å². The van der Waals surface area contributed by atoms with E-state index in [1.165, 1.54) is 37.7 Å². The van der Waals surface area contributed by atoms with Gasteiger partial charge in [-0.1, -0.05) is 51.7 Å². The fraction of sp³-hybridized carbons (Fsp3) is 0.893. The summed E-state index contributed by atoms with van der Waals surface area (Å²) in [6.45, 7) is 12.5. The smallest absolute Gasteiger partial charge is 0.140 e. The zero-order valence-corrected chi connectivity index (χ0v) is 21.1. The van der Waals surface area contributed by atoms with Gasteiger partial charge in [0.2, 0.25) is 0 Å². The molecule has 0 aromatic rings. The SMILES string of the molecule is CC.CC(C)(O)CCCC(O)C1CCC2=C3CC(=O)C4CCCCC4(C)C3CCC21C. The van der Waals surface area contributed by atoms with Crippen molar-refractivity contribution in [1.29, 1.82) is 0 Å². The minimum absolute atomic E-state index is 0.0676. The molecule has 6 unspecified atom stereocenters. The molecule has 3 heteroatoms. The fourth-order valence-corrected chi connectivity index (χ4v) is 7.95. The van der Waals surface area contributed by atoms with E-state index in [-0.39, 0.29) is 16.9 Å². The Balaban J connectivity index is 0.00000132. The van der Waals surface area contributed by atoms with Crippen molar-refractivity contribution in [3.63, 3.8) is 0 Å². The van der Waals surface area contributed by atoms with E-state index in [1.807, 2.05) is 27.7 Å². The van der Waals surface area contributed by atoms with E-state index in [9.17, 15) is 15.0 Å². The number of aliphatic hydroxyl groups is 2. The fourth-order valence-electron chi connectivity index (χ4n) is 7.95. The van der Waals surface area contributed by atoms with Crippen molar-refractivity contribution in [3.8, 4) is 0 Å². The van der Waals surface area contributed by atoms with Gasteiger partial charge in [0.25, 0.3) is 0 Å². The maximum absolute atomic E-state index is 13.1. The highest BCUT2D eigenvalue weighted by atomic mass is 16.3. The molecule has 31 heavy (non-hydrogen) atoms. The van der Waals surface area contributed by atoms with Gasteiger partial charge in [0.1, 0.15) is 5.78 Å². The molecule has 0 saturated heterocycles. The van der Waals surface area contributed by atoms with Crippen LogP contribution in [-0.2, 0) is 4.79 Å². The van der Waals surface area contributed by atoms with E-state index >= 15 is 0 Å². The van der Waals surface area contributed by atoms with Crippen molar-refractivity contribution in [2.24, 2.45) is 28.6 Å². The Hall–Kier alpha value is -0.670. The number of fused-ring (bicyclic) bond motifs is 4. The third kappa shape index (κ3) is 4.56. The van der Waals surface area contributed by atoms with Gasteiger partial charge in [-0.25, -0.2) is 0 Å². The second-order valence-corrected chi connectivity index (χ2v) is 11.9. The van der Waals surface area contributed by atoms with Crippen LogP contribution < -0.4 is 0 Å². The number of hydrogen-bond donors (Lipinski definition) is 2. The Kier molecular flexibility index (Phi) is 7.48. The van der Waals surface area contributed by atoms with E-state index in [0.717, 1.165) is 38.5 Å².